The maximum Gasteiger partial charge on any atom is 0.123 e. The van der Waals surface area contributed by atoms with Crippen LogP contribution in [0.2, 0.25) is 0 Å². The summed E-state index contributed by atoms with van der Waals surface area (Å²) in [5.41, 5.74) is 7.94. The third kappa shape index (κ3) is 3.12. The summed E-state index contributed by atoms with van der Waals surface area (Å²) in [6.07, 6.45) is 1.95. The molecule has 1 aromatic carbocycles. The molecule has 3 nitrogen and oxygen atoms in total. The second-order valence-electron chi connectivity index (χ2n) is 4.27. The Morgan fingerprint density at radius 3 is 2.88 bits per heavy atom. The Labute approximate surface area is 106 Å². The number of aromatic nitrogens is 1. The van der Waals surface area contributed by atoms with Gasteiger partial charge in [-0.15, -0.1) is 11.3 Å². The molecule has 17 heavy (non-hydrogen) atoms. The van der Waals surface area contributed by atoms with Crippen molar-refractivity contribution >= 4 is 11.3 Å². The predicted octanol–water partition coefficient (Wildman–Crippen LogP) is 2.33. The number of thiazole rings is 1. The lowest BCUT2D eigenvalue weighted by atomic mass is 10.1. The Morgan fingerprint density at radius 2 is 2.18 bits per heavy atom. The molecule has 1 aromatic heterocycles. The molecule has 0 aliphatic heterocycles. The minimum Gasteiger partial charge on any atom is -0.326 e. The zero-order valence-electron chi connectivity index (χ0n) is 10.2. The summed E-state index contributed by atoms with van der Waals surface area (Å²) in [5, 5.41) is 1.07. The highest BCUT2D eigenvalue weighted by Gasteiger charge is 2.05. The standard InChI is InChI=1S/C13H17N3S/c1-16(2)9-12-8-15-13(17-12)11-5-3-4-10(6-11)7-14/h3-6,8H,7,9,14H2,1-2H3. The van der Waals surface area contributed by atoms with Crippen LogP contribution in [0, 0.1) is 0 Å². The Bertz CT molecular complexity index is 491. The van der Waals surface area contributed by atoms with Gasteiger partial charge in [0.1, 0.15) is 5.01 Å². The van der Waals surface area contributed by atoms with Gasteiger partial charge in [0.05, 0.1) is 0 Å². The van der Waals surface area contributed by atoms with Crippen LogP contribution >= 0.6 is 11.3 Å². The van der Waals surface area contributed by atoms with E-state index in [0.29, 0.717) is 6.54 Å². The molecule has 0 aliphatic carbocycles. The van der Waals surface area contributed by atoms with Crippen molar-refractivity contribution in [3.63, 3.8) is 0 Å². The second-order valence-corrected chi connectivity index (χ2v) is 5.39. The van der Waals surface area contributed by atoms with E-state index < -0.39 is 0 Å². The maximum atomic E-state index is 5.64. The highest BCUT2D eigenvalue weighted by atomic mass is 32.1. The fourth-order valence-electron chi connectivity index (χ4n) is 1.66. The molecule has 4 heteroatoms. The third-order valence-electron chi connectivity index (χ3n) is 2.44. The first-order valence-electron chi connectivity index (χ1n) is 5.58. The molecular weight excluding hydrogens is 230 g/mol. The van der Waals surface area contributed by atoms with Crippen molar-refractivity contribution in [1.82, 2.24) is 9.88 Å². The molecule has 0 spiro atoms. The van der Waals surface area contributed by atoms with Crippen LogP contribution in [0.15, 0.2) is 30.5 Å². The number of nitrogens with two attached hydrogens (primary N) is 1. The summed E-state index contributed by atoms with van der Waals surface area (Å²) in [4.78, 5) is 7.89. The highest BCUT2D eigenvalue weighted by molar-refractivity contribution is 7.15. The van der Waals surface area contributed by atoms with Crippen molar-refractivity contribution in [3.05, 3.63) is 40.9 Å². The molecular formula is C13H17N3S. The Kier molecular flexibility index (Phi) is 3.89. The average molecular weight is 247 g/mol. The van der Waals surface area contributed by atoms with E-state index in [2.05, 4.69) is 36.1 Å². The lowest BCUT2D eigenvalue weighted by molar-refractivity contribution is 0.406. The lowest BCUT2D eigenvalue weighted by Crippen LogP contribution is -2.09. The van der Waals surface area contributed by atoms with Gasteiger partial charge in [0, 0.05) is 29.7 Å². The molecule has 0 unspecified atom stereocenters. The highest BCUT2D eigenvalue weighted by Crippen LogP contribution is 2.26. The topological polar surface area (TPSA) is 42.2 Å². The molecule has 2 aromatic rings. The summed E-state index contributed by atoms with van der Waals surface area (Å²) in [6.45, 7) is 1.51. The largest absolute Gasteiger partial charge is 0.326 e. The van der Waals surface area contributed by atoms with E-state index in [-0.39, 0.29) is 0 Å². The van der Waals surface area contributed by atoms with Crippen LogP contribution in [0.5, 0.6) is 0 Å². The summed E-state index contributed by atoms with van der Waals surface area (Å²) in [6, 6.07) is 8.26. The van der Waals surface area contributed by atoms with Gasteiger partial charge in [-0.25, -0.2) is 4.98 Å². The van der Waals surface area contributed by atoms with Gasteiger partial charge in [0.15, 0.2) is 0 Å². The number of rotatable bonds is 4. The molecule has 2 N–H and O–H groups in total. The van der Waals surface area contributed by atoms with E-state index in [1.54, 1.807) is 11.3 Å². The number of hydrogen-bond acceptors (Lipinski definition) is 4. The van der Waals surface area contributed by atoms with Crippen molar-refractivity contribution in [2.45, 2.75) is 13.1 Å². The lowest BCUT2D eigenvalue weighted by Gasteiger charge is -2.05. The molecule has 0 bridgehead atoms. The molecule has 0 saturated heterocycles. The van der Waals surface area contributed by atoms with Gasteiger partial charge in [-0.1, -0.05) is 18.2 Å². The first-order valence-corrected chi connectivity index (χ1v) is 6.39. The van der Waals surface area contributed by atoms with E-state index in [0.717, 1.165) is 22.7 Å². The monoisotopic (exact) mass is 247 g/mol. The predicted molar refractivity (Wildman–Crippen MR) is 72.8 cm³/mol. The Morgan fingerprint density at radius 1 is 1.35 bits per heavy atom. The van der Waals surface area contributed by atoms with E-state index in [1.807, 2.05) is 18.3 Å². The van der Waals surface area contributed by atoms with Crippen LogP contribution in [0.25, 0.3) is 10.6 Å². The van der Waals surface area contributed by atoms with Gasteiger partial charge < -0.3 is 10.6 Å². The first kappa shape index (κ1) is 12.2. The molecule has 0 radical (unpaired) electrons. The number of nitrogens with zero attached hydrogens (tertiary/aromatic N) is 2. The Balaban J connectivity index is 2.24. The normalized spacial score (nSPS) is 11.1. The van der Waals surface area contributed by atoms with Crippen molar-refractivity contribution in [2.24, 2.45) is 5.73 Å². The van der Waals surface area contributed by atoms with E-state index in [9.17, 15) is 0 Å². The SMILES string of the molecule is CN(C)Cc1cnc(-c2cccc(CN)c2)s1. The summed E-state index contributed by atoms with van der Waals surface area (Å²) < 4.78 is 0. The van der Waals surface area contributed by atoms with Crippen LogP contribution in [0.1, 0.15) is 10.4 Å². The van der Waals surface area contributed by atoms with Crippen LogP contribution in [-0.2, 0) is 13.1 Å². The molecule has 1 heterocycles. The summed E-state index contributed by atoms with van der Waals surface area (Å²) in [7, 11) is 4.13. The average Bonchev–Trinajstić information content (AvgIpc) is 2.77. The number of benzene rings is 1. The van der Waals surface area contributed by atoms with E-state index in [4.69, 9.17) is 5.73 Å². The molecule has 0 atom stereocenters. The minimum atomic E-state index is 0.573. The quantitative estimate of drug-likeness (QED) is 0.901. The first-order chi connectivity index (χ1) is 8.19. The van der Waals surface area contributed by atoms with Crippen LogP contribution in [0.3, 0.4) is 0 Å². The minimum absolute atomic E-state index is 0.573. The molecule has 0 fully saturated rings. The van der Waals surface area contributed by atoms with Crippen molar-refractivity contribution in [3.8, 4) is 10.6 Å². The zero-order valence-corrected chi connectivity index (χ0v) is 11.0. The van der Waals surface area contributed by atoms with Crippen LogP contribution in [0.4, 0.5) is 0 Å². The molecule has 0 saturated carbocycles. The van der Waals surface area contributed by atoms with E-state index in [1.165, 1.54) is 4.88 Å². The van der Waals surface area contributed by atoms with Gasteiger partial charge in [-0.2, -0.15) is 0 Å². The smallest absolute Gasteiger partial charge is 0.123 e. The molecule has 0 amide bonds. The third-order valence-corrected chi connectivity index (χ3v) is 3.47. The van der Waals surface area contributed by atoms with Gasteiger partial charge in [0.25, 0.3) is 0 Å². The van der Waals surface area contributed by atoms with Gasteiger partial charge in [0.2, 0.25) is 0 Å². The van der Waals surface area contributed by atoms with Gasteiger partial charge in [-0.3, -0.25) is 0 Å². The van der Waals surface area contributed by atoms with Crippen molar-refractivity contribution in [1.29, 1.82) is 0 Å². The summed E-state index contributed by atoms with van der Waals surface area (Å²) >= 11 is 1.74. The fourth-order valence-corrected chi connectivity index (χ4v) is 2.68. The van der Waals surface area contributed by atoms with Crippen molar-refractivity contribution < 1.29 is 0 Å². The fraction of sp³-hybridized carbons (Fsp3) is 0.308. The zero-order chi connectivity index (χ0) is 12.3. The van der Waals surface area contributed by atoms with Crippen molar-refractivity contribution in [2.75, 3.05) is 14.1 Å². The molecule has 90 valence electrons. The Hall–Kier alpha value is -1.23. The van der Waals surface area contributed by atoms with Gasteiger partial charge >= 0.3 is 0 Å². The second kappa shape index (κ2) is 5.40. The van der Waals surface area contributed by atoms with Gasteiger partial charge in [-0.05, 0) is 25.7 Å². The van der Waals surface area contributed by atoms with Crippen LogP contribution < -0.4 is 5.73 Å². The molecule has 2 rings (SSSR count). The van der Waals surface area contributed by atoms with E-state index >= 15 is 0 Å². The number of hydrogen-bond donors (Lipinski definition) is 1. The van der Waals surface area contributed by atoms with Crippen LogP contribution in [-0.4, -0.2) is 24.0 Å². The maximum absolute atomic E-state index is 5.64. The summed E-state index contributed by atoms with van der Waals surface area (Å²) in [5.74, 6) is 0. The molecule has 0 aliphatic rings.